The molecular weight excluding hydrogens is 90.1 g/mol. The van der Waals surface area contributed by atoms with E-state index in [9.17, 15) is 4.79 Å². The number of carbonyl (C=O) groups excluding carboxylic acids is 1. The molecule has 0 N–H and O–H groups in total. The van der Waals surface area contributed by atoms with E-state index in [-0.39, 0.29) is 12.2 Å². The first-order valence-corrected chi connectivity index (χ1v) is 2.00. The summed E-state index contributed by atoms with van der Waals surface area (Å²) in [4.78, 5) is 10.1. The molecule has 0 aromatic carbocycles. The molecule has 0 fully saturated rings. The van der Waals surface area contributed by atoms with Crippen molar-refractivity contribution in [3.8, 4) is 6.07 Å². The van der Waals surface area contributed by atoms with Crippen molar-refractivity contribution in [3.63, 3.8) is 0 Å². The normalized spacial score (nSPS) is 7.43. The Kier molecular flexibility index (Phi) is 2.95. The fourth-order valence-electron chi connectivity index (χ4n) is 0.180. The Bertz CT molecular complexity index is 101. The van der Waals surface area contributed by atoms with Gasteiger partial charge in [-0.25, -0.2) is 0 Å². The monoisotopic (exact) mass is 96.0 g/mol. The Morgan fingerprint density at radius 2 is 2.57 bits per heavy atom. The minimum Gasteiger partial charge on any atom is -0.298 e. The van der Waals surface area contributed by atoms with Crippen molar-refractivity contribution in [1.82, 2.24) is 0 Å². The molecular formula is C5H6NO. The van der Waals surface area contributed by atoms with Gasteiger partial charge < -0.3 is 0 Å². The first-order valence-electron chi connectivity index (χ1n) is 2.00. The lowest BCUT2D eigenvalue weighted by Gasteiger charge is -1.78. The highest BCUT2D eigenvalue weighted by atomic mass is 16.1. The van der Waals surface area contributed by atoms with Crippen molar-refractivity contribution in [1.29, 1.82) is 5.26 Å². The molecule has 0 aromatic rings. The highest BCUT2D eigenvalue weighted by Gasteiger charge is 1.92. The Labute approximate surface area is 42.8 Å². The zero-order chi connectivity index (χ0) is 5.70. The summed E-state index contributed by atoms with van der Waals surface area (Å²) in [5, 5.41) is 7.88. The highest BCUT2D eigenvalue weighted by Crippen LogP contribution is 1.81. The molecule has 7 heavy (non-hydrogen) atoms. The summed E-state index contributed by atoms with van der Waals surface area (Å²) < 4.78 is 0. The van der Waals surface area contributed by atoms with Crippen molar-refractivity contribution < 1.29 is 4.79 Å². The zero-order valence-corrected chi connectivity index (χ0v) is 4.14. The van der Waals surface area contributed by atoms with E-state index in [2.05, 4.69) is 0 Å². The zero-order valence-electron chi connectivity index (χ0n) is 4.14. The number of ketones is 1. The second-order valence-corrected chi connectivity index (χ2v) is 1.09. The van der Waals surface area contributed by atoms with Crippen molar-refractivity contribution in [2.24, 2.45) is 0 Å². The van der Waals surface area contributed by atoms with E-state index in [4.69, 9.17) is 5.26 Å². The number of carbonyl (C=O) groups is 1. The molecule has 0 aliphatic rings. The summed E-state index contributed by atoms with van der Waals surface area (Å²) in [5.41, 5.74) is 0. The van der Waals surface area contributed by atoms with Crippen LogP contribution in [0, 0.1) is 17.8 Å². The number of nitriles is 1. The summed E-state index contributed by atoms with van der Waals surface area (Å²) in [6, 6.07) is 1.74. The number of hydrogen-bond acceptors (Lipinski definition) is 2. The molecule has 0 aliphatic heterocycles. The Morgan fingerprint density at radius 3 is 2.71 bits per heavy atom. The van der Waals surface area contributed by atoms with E-state index >= 15 is 0 Å². The molecule has 0 aromatic heterocycles. The van der Waals surface area contributed by atoms with Crippen LogP contribution in [0.2, 0.25) is 0 Å². The van der Waals surface area contributed by atoms with E-state index in [0.717, 1.165) is 0 Å². The summed E-state index contributed by atoms with van der Waals surface area (Å²) in [6.45, 7) is 1.62. The van der Waals surface area contributed by atoms with Crippen LogP contribution in [-0.4, -0.2) is 5.78 Å². The lowest BCUT2D eigenvalue weighted by molar-refractivity contribution is -0.114. The second-order valence-electron chi connectivity index (χ2n) is 1.09. The standard InChI is InChI=1S/C5H6NO/c1-2-5(7)3-4-6/h2H,3H2,1H3. The van der Waals surface area contributed by atoms with E-state index in [1.165, 1.54) is 6.42 Å². The average molecular weight is 96.1 g/mol. The maximum Gasteiger partial charge on any atom is 0.150 e. The van der Waals surface area contributed by atoms with Gasteiger partial charge in [-0.2, -0.15) is 5.26 Å². The topological polar surface area (TPSA) is 40.9 Å². The van der Waals surface area contributed by atoms with Gasteiger partial charge in [-0.1, -0.05) is 6.92 Å². The number of rotatable bonds is 2. The van der Waals surface area contributed by atoms with Gasteiger partial charge in [-0.3, -0.25) is 4.79 Å². The number of Topliss-reactive ketones (excluding diaryl/α,β-unsaturated/α-hetero) is 1. The van der Waals surface area contributed by atoms with E-state index in [0.29, 0.717) is 0 Å². The molecule has 0 amide bonds. The molecule has 0 atom stereocenters. The van der Waals surface area contributed by atoms with Crippen LogP contribution in [0.25, 0.3) is 0 Å². The van der Waals surface area contributed by atoms with Gasteiger partial charge in [0.05, 0.1) is 12.5 Å². The summed E-state index contributed by atoms with van der Waals surface area (Å²) >= 11 is 0. The second kappa shape index (κ2) is 3.35. The SMILES string of the molecule is C[CH]C(=O)CC#N. The van der Waals surface area contributed by atoms with Crippen LogP contribution in [0.4, 0.5) is 0 Å². The van der Waals surface area contributed by atoms with Crippen LogP contribution >= 0.6 is 0 Å². The van der Waals surface area contributed by atoms with E-state index < -0.39 is 0 Å². The summed E-state index contributed by atoms with van der Waals surface area (Å²) in [7, 11) is 0. The van der Waals surface area contributed by atoms with Gasteiger partial charge >= 0.3 is 0 Å². The molecule has 0 spiro atoms. The first kappa shape index (κ1) is 6.16. The van der Waals surface area contributed by atoms with Crippen LogP contribution in [0.3, 0.4) is 0 Å². The van der Waals surface area contributed by atoms with Crippen LogP contribution in [0.5, 0.6) is 0 Å². The maximum absolute atomic E-state index is 10.1. The lowest BCUT2D eigenvalue weighted by Crippen LogP contribution is -1.91. The molecule has 2 nitrogen and oxygen atoms in total. The smallest absolute Gasteiger partial charge is 0.150 e. The quantitative estimate of drug-likeness (QED) is 0.507. The van der Waals surface area contributed by atoms with Gasteiger partial charge in [0.15, 0.2) is 0 Å². The average Bonchev–Trinajstić information content (AvgIpc) is 1.68. The van der Waals surface area contributed by atoms with Crippen LogP contribution in [-0.2, 0) is 4.79 Å². The van der Waals surface area contributed by atoms with Gasteiger partial charge in [0.1, 0.15) is 5.78 Å². The van der Waals surface area contributed by atoms with Gasteiger partial charge in [-0.15, -0.1) is 0 Å². The molecule has 37 valence electrons. The first-order chi connectivity index (χ1) is 3.31. The Balaban J connectivity index is 3.23. The predicted octanol–water partition coefficient (Wildman–Crippen LogP) is 0.693. The fraction of sp³-hybridized carbons (Fsp3) is 0.400. The van der Waals surface area contributed by atoms with Crippen molar-refractivity contribution in [2.75, 3.05) is 0 Å². The minimum atomic E-state index is -0.109. The largest absolute Gasteiger partial charge is 0.298 e. The van der Waals surface area contributed by atoms with Gasteiger partial charge in [-0.05, 0) is 0 Å². The third-order valence-electron chi connectivity index (χ3n) is 0.575. The lowest BCUT2D eigenvalue weighted by atomic mass is 10.2. The molecule has 0 saturated carbocycles. The van der Waals surface area contributed by atoms with Gasteiger partial charge in [0.25, 0.3) is 0 Å². The molecule has 2 heteroatoms. The summed E-state index contributed by atoms with van der Waals surface area (Å²) in [6.07, 6.45) is 1.40. The molecule has 1 radical (unpaired) electrons. The fourth-order valence-corrected chi connectivity index (χ4v) is 0.180. The van der Waals surface area contributed by atoms with Crippen LogP contribution < -0.4 is 0 Å². The van der Waals surface area contributed by atoms with Crippen molar-refractivity contribution >= 4 is 5.78 Å². The molecule has 0 bridgehead atoms. The maximum atomic E-state index is 10.1. The van der Waals surface area contributed by atoms with Gasteiger partial charge in [0, 0.05) is 6.42 Å². The molecule has 0 unspecified atom stereocenters. The highest BCUT2D eigenvalue weighted by molar-refractivity contribution is 5.87. The Hall–Kier alpha value is -0.840. The third-order valence-corrected chi connectivity index (χ3v) is 0.575. The van der Waals surface area contributed by atoms with E-state index in [1.54, 1.807) is 13.0 Å². The Morgan fingerprint density at radius 1 is 2.00 bits per heavy atom. The third kappa shape index (κ3) is 2.98. The predicted molar refractivity (Wildman–Crippen MR) is 25.2 cm³/mol. The van der Waals surface area contributed by atoms with Gasteiger partial charge in [0.2, 0.25) is 0 Å². The summed E-state index contributed by atoms with van der Waals surface area (Å²) in [5.74, 6) is -0.109. The number of nitrogens with zero attached hydrogens (tertiary/aromatic N) is 1. The van der Waals surface area contributed by atoms with E-state index in [1.807, 2.05) is 0 Å². The molecule has 0 saturated heterocycles. The molecule has 0 aliphatic carbocycles. The van der Waals surface area contributed by atoms with Crippen molar-refractivity contribution in [3.05, 3.63) is 6.42 Å². The molecule has 0 rings (SSSR count). The van der Waals surface area contributed by atoms with Crippen LogP contribution in [0.15, 0.2) is 0 Å². The minimum absolute atomic E-state index is 0.0104. The number of hydrogen-bond donors (Lipinski definition) is 0. The van der Waals surface area contributed by atoms with Crippen LogP contribution in [0.1, 0.15) is 13.3 Å². The molecule has 0 heterocycles. The van der Waals surface area contributed by atoms with Crippen molar-refractivity contribution in [2.45, 2.75) is 13.3 Å².